The Bertz CT molecular complexity index is 1740. The topological polar surface area (TPSA) is 98.7 Å². The second kappa shape index (κ2) is 10.0. The van der Waals surface area contributed by atoms with Gasteiger partial charge in [-0.1, -0.05) is 19.9 Å². The van der Waals surface area contributed by atoms with Crippen LogP contribution in [0.4, 0.5) is 8.78 Å². The number of halogens is 2. The molecule has 2 aromatic heterocycles. The molecular formula is C30H27F2N3O5. The minimum Gasteiger partial charge on any atom is -0.507 e. The van der Waals surface area contributed by atoms with Crippen molar-refractivity contribution >= 4 is 16.9 Å². The van der Waals surface area contributed by atoms with Crippen LogP contribution in [-0.4, -0.2) is 44.7 Å². The Morgan fingerprint density at radius 3 is 2.42 bits per heavy atom. The highest BCUT2D eigenvalue weighted by Gasteiger charge is 2.34. The molecule has 3 aromatic carbocycles. The number of carbonyl (C=O) groups is 1. The molecule has 0 aliphatic heterocycles. The van der Waals surface area contributed by atoms with Crippen molar-refractivity contribution in [1.82, 2.24) is 14.3 Å². The van der Waals surface area contributed by atoms with E-state index in [4.69, 9.17) is 9.47 Å². The van der Waals surface area contributed by atoms with Crippen molar-refractivity contribution in [3.05, 3.63) is 89.9 Å². The van der Waals surface area contributed by atoms with Crippen LogP contribution in [0.25, 0.3) is 27.7 Å². The fraction of sp³-hybridized carbons (Fsp3) is 0.200. The van der Waals surface area contributed by atoms with Crippen molar-refractivity contribution in [2.24, 2.45) is 0 Å². The molecule has 0 atom stereocenters. The number of hydrogen-bond donors (Lipinski definition) is 2. The maximum absolute atomic E-state index is 14.9. The first-order chi connectivity index (χ1) is 19.1. The maximum atomic E-state index is 14.9. The molecule has 5 aromatic rings. The van der Waals surface area contributed by atoms with Gasteiger partial charge in [0.1, 0.15) is 22.9 Å². The average molecular weight is 548 g/mol. The van der Waals surface area contributed by atoms with E-state index in [0.717, 1.165) is 6.07 Å². The number of aromatic hydroxyl groups is 1. The number of benzene rings is 3. The summed E-state index contributed by atoms with van der Waals surface area (Å²) in [6.07, 6.45) is 3.48. The summed E-state index contributed by atoms with van der Waals surface area (Å²) in [5.74, 6) is -2.59. The molecule has 206 valence electrons. The van der Waals surface area contributed by atoms with Gasteiger partial charge in [0.05, 0.1) is 31.7 Å². The van der Waals surface area contributed by atoms with Gasteiger partial charge in [0.2, 0.25) is 0 Å². The van der Waals surface area contributed by atoms with Gasteiger partial charge in [-0.25, -0.2) is 13.6 Å². The lowest BCUT2D eigenvalue weighted by Crippen LogP contribution is -2.28. The lowest BCUT2D eigenvalue weighted by atomic mass is 9.83. The highest BCUT2D eigenvalue weighted by molar-refractivity contribution is 6.04. The molecule has 0 aliphatic carbocycles. The third kappa shape index (κ3) is 4.51. The highest BCUT2D eigenvalue weighted by Crippen LogP contribution is 2.47. The first kappa shape index (κ1) is 26.7. The van der Waals surface area contributed by atoms with Gasteiger partial charge in [0.15, 0.2) is 11.6 Å². The second-order valence-electron chi connectivity index (χ2n) is 10.0. The molecule has 8 nitrogen and oxygen atoms in total. The summed E-state index contributed by atoms with van der Waals surface area (Å²) in [7, 11) is 2.72. The van der Waals surface area contributed by atoms with E-state index in [0.29, 0.717) is 40.0 Å². The van der Waals surface area contributed by atoms with Crippen molar-refractivity contribution in [3.63, 3.8) is 0 Å². The van der Waals surface area contributed by atoms with E-state index in [2.05, 4.69) is 5.10 Å². The Kier molecular flexibility index (Phi) is 6.70. The zero-order valence-corrected chi connectivity index (χ0v) is 22.3. The summed E-state index contributed by atoms with van der Waals surface area (Å²) in [4.78, 5) is 11.8. The first-order valence-corrected chi connectivity index (χ1v) is 12.4. The van der Waals surface area contributed by atoms with Gasteiger partial charge in [0.25, 0.3) is 0 Å². The standard InChI is InChI=1S/C30H27F2N3O5/c1-30(2,16-34-11-5-10-33-34)28-26(17-6-8-20(29(37)38)24(12-17)39-3)27-22(13-18(31)14-23(27)36)35(28)19-7-9-21(32)25(15-19)40-4/h5-15,36H,16H2,1-4H3,(H,37,38). The molecule has 0 radical (unpaired) electrons. The van der Waals surface area contributed by atoms with Crippen LogP contribution >= 0.6 is 0 Å². The summed E-state index contributed by atoms with van der Waals surface area (Å²) < 4.78 is 43.5. The van der Waals surface area contributed by atoms with Crippen LogP contribution in [-0.2, 0) is 12.0 Å². The van der Waals surface area contributed by atoms with Gasteiger partial charge in [-0.3, -0.25) is 4.68 Å². The monoisotopic (exact) mass is 547 g/mol. The molecule has 2 N–H and O–H groups in total. The molecule has 0 unspecified atom stereocenters. The van der Waals surface area contributed by atoms with Gasteiger partial charge >= 0.3 is 5.97 Å². The summed E-state index contributed by atoms with van der Waals surface area (Å²) in [6.45, 7) is 4.33. The Labute approximate surface area is 228 Å². The molecular weight excluding hydrogens is 520 g/mol. The largest absolute Gasteiger partial charge is 0.507 e. The Balaban J connectivity index is 1.94. The molecule has 0 saturated carbocycles. The minimum absolute atomic E-state index is 0.00941. The molecule has 0 bridgehead atoms. The van der Waals surface area contributed by atoms with Crippen LogP contribution < -0.4 is 9.47 Å². The number of nitrogens with zero attached hydrogens (tertiary/aromatic N) is 3. The number of rotatable bonds is 8. The molecule has 40 heavy (non-hydrogen) atoms. The molecule has 0 spiro atoms. The molecule has 0 saturated heterocycles. The fourth-order valence-electron chi connectivity index (χ4n) is 5.24. The van der Waals surface area contributed by atoms with Gasteiger partial charge in [0, 0.05) is 46.9 Å². The molecule has 2 heterocycles. The number of carboxylic acids is 1. The van der Waals surface area contributed by atoms with Crippen LogP contribution in [0.2, 0.25) is 0 Å². The third-order valence-corrected chi connectivity index (χ3v) is 6.88. The molecule has 0 aliphatic rings. The lowest BCUT2D eigenvalue weighted by Gasteiger charge is -2.29. The first-order valence-electron chi connectivity index (χ1n) is 12.4. The number of ether oxygens (including phenoxy) is 2. The number of aromatic nitrogens is 3. The fourth-order valence-corrected chi connectivity index (χ4v) is 5.24. The van der Waals surface area contributed by atoms with Crippen LogP contribution in [0.3, 0.4) is 0 Å². The second-order valence-corrected chi connectivity index (χ2v) is 10.0. The van der Waals surface area contributed by atoms with E-state index in [9.17, 15) is 23.8 Å². The zero-order valence-electron chi connectivity index (χ0n) is 22.3. The Hall–Kier alpha value is -4.86. The highest BCUT2D eigenvalue weighted by atomic mass is 19.1. The van der Waals surface area contributed by atoms with Gasteiger partial charge in [-0.05, 0) is 42.0 Å². The number of aromatic carboxylic acids is 1. The van der Waals surface area contributed by atoms with Gasteiger partial charge in [-0.15, -0.1) is 0 Å². The lowest BCUT2D eigenvalue weighted by molar-refractivity contribution is 0.0693. The number of carboxylic acid groups (broad SMARTS) is 1. The quantitative estimate of drug-likeness (QED) is 0.241. The smallest absolute Gasteiger partial charge is 0.339 e. The Morgan fingerprint density at radius 1 is 1.02 bits per heavy atom. The van der Waals surface area contributed by atoms with Gasteiger partial charge < -0.3 is 24.3 Å². The van der Waals surface area contributed by atoms with E-state index in [1.54, 1.807) is 39.7 Å². The van der Waals surface area contributed by atoms with E-state index in [1.165, 1.54) is 38.5 Å². The van der Waals surface area contributed by atoms with Crippen LogP contribution in [0.15, 0.2) is 67.0 Å². The number of hydrogen-bond acceptors (Lipinski definition) is 5. The van der Waals surface area contributed by atoms with E-state index >= 15 is 0 Å². The van der Waals surface area contributed by atoms with Gasteiger partial charge in [-0.2, -0.15) is 5.10 Å². The number of phenols is 1. The third-order valence-electron chi connectivity index (χ3n) is 6.88. The normalized spacial score (nSPS) is 11.7. The van der Waals surface area contributed by atoms with Crippen molar-refractivity contribution in [2.45, 2.75) is 25.8 Å². The van der Waals surface area contributed by atoms with Crippen molar-refractivity contribution in [1.29, 1.82) is 0 Å². The molecule has 10 heteroatoms. The average Bonchev–Trinajstić information content (AvgIpc) is 3.54. The SMILES string of the molecule is COc1cc(-n2c(C(C)(C)Cn3cccn3)c(-c3ccc(C(=O)O)c(OC)c3)c3c(O)cc(F)cc32)ccc1F. The number of fused-ring (bicyclic) bond motifs is 1. The van der Waals surface area contributed by atoms with Crippen molar-refractivity contribution < 1.29 is 33.3 Å². The molecule has 5 rings (SSSR count). The summed E-state index contributed by atoms with van der Waals surface area (Å²) in [5.41, 5.74) is 1.73. The molecule has 0 fully saturated rings. The summed E-state index contributed by atoms with van der Waals surface area (Å²) in [5, 5.41) is 25.5. The van der Waals surface area contributed by atoms with Crippen molar-refractivity contribution in [3.8, 4) is 34.1 Å². The predicted molar refractivity (Wildman–Crippen MR) is 146 cm³/mol. The maximum Gasteiger partial charge on any atom is 0.339 e. The van der Waals surface area contributed by atoms with Crippen molar-refractivity contribution in [2.75, 3.05) is 14.2 Å². The van der Waals surface area contributed by atoms with Crippen LogP contribution in [0.1, 0.15) is 29.9 Å². The Morgan fingerprint density at radius 2 is 1.77 bits per heavy atom. The zero-order chi connectivity index (χ0) is 28.8. The van der Waals surface area contributed by atoms with Crippen LogP contribution in [0, 0.1) is 11.6 Å². The minimum atomic E-state index is -1.16. The number of methoxy groups -OCH3 is 2. The summed E-state index contributed by atoms with van der Waals surface area (Å²) in [6, 6.07) is 13.0. The molecule has 0 amide bonds. The predicted octanol–water partition coefficient (Wildman–Crippen LogP) is 6.17. The van der Waals surface area contributed by atoms with E-state index in [-0.39, 0.29) is 22.8 Å². The van der Waals surface area contributed by atoms with E-state index in [1.807, 2.05) is 20.0 Å². The number of phenolic OH excluding ortho intramolecular Hbond substituents is 1. The van der Waals surface area contributed by atoms with E-state index < -0.39 is 23.0 Å². The summed E-state index contributed by atoms with van der Waals surface area (Å²) >= 11 is 0. The van der Waals surface area contributed by atoms with Crippen LogP contribution in [0.5, 0.6) is 17.2 Å².